The molecule has 0 unspecified atom stereocenters. The molecular weight excluding hydrogens is 548 g/mol. The Kier molecular flexibility index (Phi) is 4.81. The second-order valence-corrected chi connectivity index (χ2v) is 9.53. The van der Waals surface area contributed by atoms with Gasteiger partial charge in [0.1, 0.15) is 5.75 Å². The van der Waals surface area contributed by atoms with Crippen molar-refractivity contribution in [3.63, 3.8) is 0 Å². The third-order valence-corrected chi connectivity index (χ3v) is 6.65. The molecule has 0 spiro atoms. The molecule has 0 bridgehead atoms. The van der Waals surface area contributed by atoms with Crippen LogP contribution in [-0.2, 0) is 0 Å². The maximum absolute atomic E-state index is 6.46. The number of hydrogen-bond donors (Lipinski definition) is 0. The van der Waals surface area contributed by atoms with Gasteiger partial charge in [-0.2, -0.15) is 5.10 Å². The lowest BCUT2D eigenvalue weighted by Crippen LogP contribution is -2.33. The zero-order valence-electron chi connectivity index (χ0n) is 14.6. The molecule has 140 valence electrons. The molecule has 6 heteroatoms. The summed E-state index contributed by atoms with van der Waals surface area (Å²) in [7, 11) is 0. The van der Waals surface area contributed by atoms with Crippen molar-refractivity contribution >= 4 is 53.5 Å². The SMILES string of the molecule is Brc1ccc(C2=NN3[C@H](C2)c2cc(Br)cc(Br)c2O[C@H]3c2ccccc2)cc1. The van der Waals surface area contributed by atoms with Crippen molar-refractivity contribution in [2.75, 3.05) is 0 Å². The van der Waals surface area contributed by atoms with Crippen molar-refractivity contribution in [1.82, 2.24) is 5.01 Å². The summed E-state index contributed by atoms with van der Waals surface area (Å²) in [4.78, 5) is 0. The van der Waals surface area contributed by atoms with Gasteiger partial charge in [-0.05, 0) is 45.8 Å². The second kappa shape index (κ2) is 7.32. The van der Waals surface area contributed by atoms with Crippen LogP contribution in [-0.4, -0.2) is 10.7 Å². The van der Waals surface area contributed by atoms with Crippen LogP contribution < -0.4 is 4.74 Å². The highest BCUT2D eigenvalue weighted by Gasteiger charge is 2.41. The van der Waals surface area contributed by atoms with E-state index in [0.29, 0.717) is 0 Å². The summed E-state index contributed by atoms with van der Waals surface area (Å²) < 4.78 is 9.51. The molecule has 3 aromatic rings. The zero-order valence-corrected chi connectivity index (χ0v) is 19.4. The molecule has 2 aliphatic heterocycles. The van der Waals surface area contributed by atoms with Gasteiger partial charge in [0, 0.05) is 26.5 Å². The first-order valence-electron chi connectivity index (χ1n) is 8.92. The standard InChI is InChI=1S/C22H15Br3N2O/c23-15-8-6-13(7-9-15)19-12-20-17-10-16(24)11-18(25)21(17)28-22(27(20)26-19)14-4-2-1-3-5-14/h1-11,20,22H,12H2/t20-,22+/m1/s1. The minimum atomic E-state index is -0.260. The Morgan fingerprint density at radius 1 is 0.893 bits per heavy atom. The fraction of sp³-hybridized carbons (Fsp3) is 0.136. The number of hydrazone groups is 1. The van der Waals surface area contributed by atoms with E-state index in [-0.39, 0.29) is 12.3 Å². The lowest BCUT2D eigenvalue weighted by molar-refractivity contribution is -0.0197. The van der Waals surface area contributed by atoms with Gasteiger partial charge >= 0.3 is 0 Å². The Morgan fingerprint density at radius 2 is 1.64 bits per heavy atom. The molecule has 2 atom stereocenters. The largest absolute Gasteiger partial charge is 0.463 e. The maximum atomic E-state index is 6.46. The Balaban J connectivity index is 1.63. The highest BCUT2D eigenvalue weighted by atomic mass is 79.9. The van der Waals surface area contributed by atoms with E-state index in [1.807, 2.05) is 24.3 Å². The molecule has 0 radical (unpaired) electrons. The number of ether oxygens (including phenoxy) is 1. The van der Waals surface area contributed by atoms with Crippen LogP contribution in [0.3, 0.4) is 0 Å². The molecular formula is C22H15Br3N2O. The number of nitrogens with zero attached hydrogens (tertiary/aromatic N) is 2. The quantitative estimate of drug-likeness (QED) is 0.329. The van der Waals surface area contributed by atoms with E-state index in [9.17, 15) is 0 Å². The summed E-state index contributed by atoms with van der Waals surface area (Å²) in [6.45, 7) is 0. The lowest BCUT2D eigenvalue weighted by Gasteiger charge is -2.38. The highest BCUT2D eigenvalue weighted by Crippen LogP contribution is 2.50. The average molecular weight is 563 g/mol. The molecule has 0 fully saturated rings. The number of fused-ring (bicyclic) bond motifs is 3. The van der Waals surface area contributed by atoms with E-state index in [0.717, 1.165) is 48.0 Å². The summed E-state index contributed by atoms with van der Waals surface area (Å²) in [5.74, 6) is 0.894. The molecule has 2 aliphatic rings. The summed E-state index contributed by atoms with van der Waals surface area (Å²) in [6.07, 6.45) is 0.577. The Morgan fingerprint density at radius 3 is 2.39 bits per heavy atom. The van der Waals surface area contributed by atoms with E-state index in [1.54, 1.807) is 0 Å². The highest BCUT2D eigenvalue weighted by molar-refractivity contribution is 9.11. The molecule has 2 heterocycles. The Bertz CT molecular complexity index is 1070. The Labute approximate surface area is 188 Å². The van der Waals surface area contributed by atoms with Crippen molar-refractivity contribution in [3.05, 3.63) is 96.8 Å². The van der Waals surface area contributed by atoms with Gasteiger partial charge in [-0.1, -0.05) is 74.3 Å². The molecule has 0 N–H and O–H groups in total. The van der Waals surface area contributed by atoms with Gasteiger partial charge in [0.15, 0.2) is 0 Å². The number of rotatable bonds is 2. The van der Waals surface area contributed by atoms with E-state index in [2.05, 4.69) is 95.3 Å². The lowest BCUT2D eigenvalue weighted by atomic mass is 9.96. The first-order valence-corrected chi connectivity index (χ1v) is 11.3. The number of hydrogen-bond acceptors (Lipinski definition) is 3. The molecule has 0 amide bonds. The van der Waals surface area contributed by atoms with Crippen LogP contribution in [0.5, 0.6) is 5.75 Å². The molecule has 0 aliphatic carbocycles. The first-order chi connectivity index (χ1) is 13.6. The molecule has 0 aromatic heterocycles. The van der Waals surface area contributed by atoms with E-state index >= 15 is 0 Å². The van der Waals surface area contributed by atoms with Crippen LogP contribution in [0.25, 0.3) is 0 Å². The fourth-order valence-electron chi connectivity index (χ4n) is 3.77. The zero-order chi connectivity index (χ0) is 19.3. The predicted molar refractivity (Wildman–Crippen MR) is 122 cm³/mol. The van der Waals surface area contributed by atoms with Gasteiger partial charge in [-0.15, -0.1) is 0 Å². The Hall–Kier alpha value is -1.63. The van der Waals surface area contributed by atoms with Crippen molar-refractivity contribution in [1.29, 1.82) is 0 Å². The number of benzene rings is 3. The van der Waals surface area contributed by atoms with E-state index in [4.69, 9.17) is 9.84 Å². The molecule has 28 heavy (non-hydrogen) atoms. The summed E-state index contributed by atoms with van der Waals surface area (Å²) in [5.41, 5.74) is 4.45. The van der Waals surface area contributed by atoms with Crippen molar-refractivity contribution in [3.8, 4) is 5.75 Å². The molecule has 0 saturated heterocycles. The molecule has 3 nitrogen and oxygen atoms in total. The van der Waals surface area contributed by atoms with Gasteiger partial charge in [0.25, 0.3) is 0 Å². The topological polar surface area (TPSA) is 24.8 Å². The predicted octanol–water partition coefficient (Wildman–Crippen LogP) is 7.22. The van der Waals surface area contributed by atoms with Crippen molar-refractivity contribution < 1.29 is 4.74 Å². The maximum Gasteiger partial charge on any atom is 0.213 e. The molecule has 5 rings (SSSR count). The van der Waals surface area contributed by atoms with Crippen LogP contribution in [0, 0.1) is 0 Å². The first kappa shape index (κ1) is 18.4. The van der Waals surface area contributed by atoms with Gasteiger partial charge in [0.05, 0.1) is 16.2 Å². The van der Waals surface area contributed by atoms with Crippen LogP contribution >= 0.6 is 47.8 Å². The normalized spacial score (nSPS) is 20.2. The third-order valence-electron chi connectivity index (χ3n) is 5.07. The number of halogens is 3. The summed E-state index contributed by atoms with van der Waals surface area (Å²) in [5, 5.41) is 7.11. The average Bonchev–Trinajstić information content (AvgIpc) is 3.14. The fourth-order valence-corrected chi connectivity index (χ4v) is 5.39. The van der Waals surface area contributed by atoms with Crippen LogP contribution in [0.1, 0.15) is 35.4 Å². The van der Waals surface area contributed by atoms with Crippen molar-refractivity contribution in [2.24, 2.45) is 5.10 Å². The summed E-state index contributed by atoms with van der Waals surface area (Å²) in [6, 6.07) is 22.9. The van der Waals surface area contributed by atoms with Crippen molar-refractivity contribution in [2.45, 2.75) is 18.7 Å². The summed E-state index contributed by atoms with van der Waals surface area (Å²) >= 11 is 10.8. The third kappa shape index (κ3) is 3.21. The van der Waals surface area contributed by atoms with E-state index < -0.39 is 0 Å². The monoisotopic (exact) mass is 560 g/mol. The minimum absolute atomic E-state index is 0.126. The van der Waals surface area contributed by atoms with Crippen LogP contribution in [0.2, 0.25) is 0 Å². The van der Waals surface area contributed by atoms with Crippen LogP contribution in [0.15, 0.2) is 85.2 Å². The van der Waals surface area contributed by atoms with Gasteiger partial charge in [-0.25, -0.2) is 5.01 Å². The van der Waals surface area contributed by atoms with Crippen LogP contribution in [0.4, 0.5) is 0 Å². The van der Waals surface area contributed by atoms with Gasteiger partial charge in [0.2, 0.25) is 6.23 Å². The minimum Gasteiger partial charge on any atom is -0.463 e. The smallest absolute Gasteiger partial charge is 0.213 e. The van der Waals surface area contributed by atoms with Gasteiger partial charge < -0.3 is 4.74 Å². The van der Waals surface area contributed by atoms with Gasteiger partial charge in [-0.3, -0.25) is 0 Å². The van der Waals surface area contributed by atoms with E-state index in [1.165, 1.54) is 0 Å². The molecule has 0 saturated carbocycles. The second-order valence-electron chi connectivity index (χ2n) is 6.84. The molecule has 3 aromatic carbocycles.